The minimum absolute atomic E-state index is 0.0217. The van der Waals surface area contributed by atoms with Crippen molar-refractivity contribution >= 4 is 46.5 Å². The Labute approximate surface area is 387 Å². The first-order valence-electron chi connectivity index (χ1n) is 23.1. The molecule has 2 fully saturated rings. The zero-order valence-corrected chi connectivity index (χ0v) is 39.3. The summed E-state index contributed by atoms with van der Waals surface area (Å²) in [4.78, 5) is 62.7. The number of hydrogen-bond donors (Lipinski definition) is 6. The molecule has 0 bridgehead atoms. The number of aryl methyl sites for hydroxylation is 1. The molecule has 4 atom stereocenters. The summed E-state index contributed by atoms with van der Waals surface area (Å²) in [6, 6.07) is 14.9. The highest BCUT2D eigenvalue weighted by atomic mass is 32.1. The number of anilines is 2. The van der Waals surface area contributed by atoms with E-state index in [1.54, 1.807) is 29.5 Å². The van der Waals surface area contributed by atoms with Crippen molar-refractivity contribution in [3.05, 3.63) is 71.4 Å². The van der Waals surface area contributed by atoms with Gasteiger partial charge >= 0.3 is 0 Å². The van der Waals surface area contributed by atoms with Gasteiger partial charge in [0.1, 0.15) is 17.8 Å². The van der Waals surface area contributed by atoms with Crippen LogP contribution in [0.25, 0.3) is 21.7 Å². The molecule has 2 aliphatic rings. The maximum Gasteiger partial charge on any atom is 0.246 e. The van der Waals surface area contributed by atoms with Gasteiger partial charge in [0.05, 0.1) is 39.6 Å². The molecule has 350 valence electrons. The third kappa shape index (κ3) is 13.2. The largest absolute Gasteiger partial charge is 0.507 e. The molecule has 0 unspecified atom stereocenters. The Balaban J connectivity index is 0.851. The number of nitrogens with two attached hydrogens (primary N) is 1. The molecular weight excluding hydrogens is 843 g/mol. The second-order valence-corrected chi connectivity index (χ2v) is 19.6. The van der Waals surface area contributed by atoms with E-state index < -0.39 is 23.6 Å². The number of carbonyl (C=O) groups excluding carboxylic acids is 4. The predicted octanol–water partition coefficient (Wildman–Crippen LogP) is 6.83. The highest BCUT2D eigenvalue weighted by molar-refractivity contribution is 7.13. The van der Waals surface area contributed by atoms with Crippen LogP contribution in [0, 0.1) is 12.3 Å². The number of aliphatic hydroxyl groups excluding tert-OH is 1. The molecule has 0 saturated carbocycles. The molecule has 6 rings (SSSR count). The number of rotatable bonds is 19. The summed E-state index contributed by atoms with van der Waals surface area (Å²) in [5.41, 5.74) is 12.2. The fourth-order valence-corrected chi connectivity index (χ4v) is 9.55. The van der Waals surface area contributed by atoms with Gasteiger partial charge in [-0.05, 0) is 74.3 Å². The Morgan fingerprint density at radius 3 is 2.17 bits per heavy atom. The summed E-state index contributed by atoms with van der Waals surface area (Å²) in [7, 11) is 0. The third-order valence-corrected chi connectivity index (χ3v) is 13.5. The first-order valence-corrected chi connectivity index (χ1v) is 24.0. The average molecular weight is 910 g/mol. The molecule has 15 nitrogen and oxygen atoms in total. The van der Waals surface area contributed by atoms with E-state index >= 15 is 0 Å². The van der Waals surface area contributed by atoms with E-state index in [1.165, 1.54) is 4.90 Å². The minimum atomic E-state index is -0.865. The summed E-state index contributed by atoms with van der Waals surface area (Å²) in [5.74, 6) is -0.384. The van der Waals surface area contributed by atoms with Crippen molar-refractivity contribution in [3.8, 4) is 27.4 Å². The van der Waals surface area contributed by atoms with Gasteiger partial charge in [-0.1, -0.05) is 89.3 Å². The van der Waals surface area contributed by atoms with Crippen LogP contribution in [0.3, 0.4) is 0 Å². The number of phenols is 1. The maximum absolute atomic E-state index is 14.1. The summed E-state index contributed by atoms with van der Waals surface area (Å²) in [5, 5.41) is 38.4. The molecule has 4 aromatic rings. The smallest absolute Gasteiger partial charge is 0.246 e. The predicted molar refractivity (Wildman–Crippen MR) is 255 cm³/mol. The van der Waals surface area contributed by atoms with E-state index in [1.807, 2.05) is 76.5 Å². The van der Waals surface area contributed by atoms with Gasteiger partial charge in [0.25, 0.3) is 0 Å². The van der Waals surface area contributed by atoms with Crippen LogP contribution in [0.5, 0.6) is 5.75 Å². The molecule has 16 heteroatoms. The number of benzene rings is 2. The Kier molecular flexibility index (Phi) is 16.9. The van der Waals surface area contributed by atoms with Crippen LogP contribution < -0.4 is 26.6 Å². The van der Waals surface area contributed by atoms with Crippen molar-refractivity contribution in [2.24, 2.45) is 5.41 Å². The van der Waals surface area contributed by atoms with Crippen molar-refractivity contribution in [1.82, 2.24) is 36.0 Å². The number of nitrogens with zero attached hydrogens (tertiary/aromatic N) is 5. The molecule has 7 N–H and O–H groups in total. The highest BCUT2D eigenvalue weighted by Crippen LogP contribution is 2.33. The van der Waals surface area contributed by atoms with Gasteiger partial charge < -0.3 is 41.7 Å². The molecule has 2 saturated heterocycles. The fraction of sp³-hybridized carbons (Fsp3) is 0.531. The van der Waals surface area contributed by atoms with Gasteiger partial charge in [-0.2, -0.15) is 0 Å². The number of aliphatic hydroxyl groups is 1. The number of likely N-dealkylation sites (tertiary alicyclic amines) is 1. The first-order chi connectivity index (χ1) is 31.1. The van der Waals surface area contributed by atoms with Crippen LogP contribution in [-0.2, 0) is 19.2 Å². The number of carbonyl (C=O) groups is 4. The zero-order chi connectivity index (χ0) is 46.7. The lowest BCUT2D eigenvalue weighted by atomic mass is 9.85. The number of hydrogen-bond acceptors (Lipinski definition) is 12. The lowest BCUT2D eigenvalue weighted by Gasteiger charge is -2.35. The van der Waals surface area contributed by atoms with Gasteiger partial charge in [-0.15, -0.1) is 21.5 Å². The number of nitrogens with one attached hydrogen (secondary N) is 3. The van der Waals surface area contributed by atoms with Gasteiger partial charge in [-0.25, -0.2) is 4.98 Å². The summed E-state index contributed by atoms with van der Waals surface area (Å²) in [6.07, 6.45) is 7.98. The van der Waals surface area contributed by atoms with Crippen molar-refractivity contribution in [2.45, 2.75) is 142 Å². The first kappa shape index (κ1) is 48.8. The standard InChI is InChI=1S/C49H67N9O6S/c1-31(33-19-21-34(22-20-33)44-32(2)51-30-65-44)52-47(63)40-27-36(59)29-58(40)48(64)45(49(3,4)5)54-43(62)18-12-10-8-6-7-9-11-17-42(61)53-35-23-25-57(26-24-35)39-28-38(55-56-46(39)50)37-15-13-14-16-41(37)60/h13-16,19-22,28,30-31,35-36,40,45,59-60H,6-12,17-18,23-27,29H2,1-5H3,(H2,50,56)(H,52,63)(H,53,61)(H,54,62)/t31-,36+,40-,45+/m0/s1. The van der Waals surface area contributed by atoms with Crippen LogP contribution in [-0.4, -0.2) is 97.8 Å². The second-order valence-electron chi connectivity index (χ2n) is 18.7. The van der Waals surface area contributed by atoms with E-state index in [9.17, 15) is 29.4 Å². The van der Waals surface area contributed by atoms with Gasteiger partial charge in [0, 0.05) is 50.5 Å². The highest BCUT2D eigenvalue weighted by Gasteiger charge is 2.44. The van der Waals surface area contributed by atoms with E-state index in [-0.39, 0.29) is 60.8 Å². The van der Waals surface area contributed by atoms with E-state index in [4.69, 9.17) is 5.73 Å². The summed E-state index contributed by atoms with van der Waals surface area (Å²) >= 11 is 1.58. The molecule has 4 heterocycles. The molecule has 2 aromatic heterocycles. The second kappa shape index (κ2) is 22.5. The van der Waals surface area contributed by atoms with Crippen LogP contribution >= 0.6 is 11.3 Å². The van der Waals surface area contributed by atoms with Crippen LogP contribution in [0.15, 0.2) is 60.1 Å². The van der Waals surface area contributed by atoms with E-state index in [2.05, 4.69) is 36.0 Å². The summed E-state index contributed by atoms with van der Waals surface area (Å²) < 4.78 is 0. The minimum Gasteiger partial charge on any atom is -0.507 e. The average Bonchev–Trinajstić information content (AvgIpc) is 3.90. The molecular formula is C49H67N9O6S. The number of unbranched alkanes of at least 4 members (excludes halogenated alkanes) is 6. The quantitative estimate of drug-likeness (QED) is 0.0536. The number of β-amino-alcohol motifs (C(OH)–C–C–N with tert-alkyl or cyclic N) is 1. The Morgan fingerprint density at radius 1 is 0.892 bits per heavy atom. The number of amides is 4. The van der Waals surface area contributed by atoms with Crippen molar-refractivity contribution < 1.29 is 29.4 Å². The van der Waals surface area contributed by atoms with Gasteiger partial charge in [0.2, 0.25) is 23.6 Å². The normalized spacial score (nSPS) is 17.7. The number of aromatic hydroxyl groups is 1. The summed E-state index contributed by atoms with van der Waals surface area (Å²) in [6.45, 7) is 11.0. The molecule has 0 radical (unpaired) electrons. The number of nitrogen functional groups attached to an aromatic ring is 1. The van der Waals surface area contributed by atoms with Gasteiger partial charge in [-0.3, -0.25) is 19.2 Å². The number of phenolic OH excluding ortho intramolecular Hbond substituents is 1. The molecule has 4 amide bonds. The lowest BCUT2D eigenvalue weighted by Crippen LogP contribution is -2.57. The SMILES string of the molecule is Cc1ncsc1-c1ccc([C@H](C)NC(=O)[C@@H]2C[C@@H](O)CN2C(=O)[C@@H](NC(=O)CCCCCCCCCC(=O)NC2CCN(c3cc(-c4ccccc4O)nnc3N)CC2)C(C)(C)C)cc1. The maximum atomic E-state index is 14.1. The van der Waals surface area contributed by atoms with Crippen molar-refractivity contribution in [2.75, 3.05) is 30.3 Å². The molecule has 2 aromatic carbocycles. The Bertz CT molecular complexity index is 2240. The number of para-hydroxylation sites is 1. The topological polar surface area (TPSA) is 216 Å². The third-order valence-electron chi connectivity index (χ3n) is 12.5. The number of piperidine rings is 1. The molecule has 2 aliphatic heterocycles. The zero-order valence-electron chi connectivity index (χ0n) is 38.5. The van der Waals surface area contributed by atoms with Crippen LogP contribution in [0.1, 0.15) is 122 Å². The Hall–Kier alpha value is -5.61. The van der Waals surface area contributed by atoms with Crippen LogP contribution in [0.4, 0.5) is 11.5 Å². The molecule has 0 aliphatic carbocycles. The lowest BCUT2D eigenvalue weighted by molar-refractivity contribution is -0.144. The van der Waals surface area contributed by atoms with Gasteiger partial charge in [0.15, 0.2) is 5.82 Å². The van der Waals surface area contributed by atoms with E-state index in [0.717, 1.165) is 78.8 Å². The van der Waals surface area contributed by atoms with Crippen molar-refractivity contribution in [3.63, 3.8) is 0 Å². The Morgan fingerprint density at radius 2 is 1.54 bits per heavy atom. The number of aromatic nitrogens is 3. The number of thiazole rings is 1. The fourth-order valence-electron chi connectivity index (χ4n) is 8.73. The molecule has 65 heavy (non-hydrogen) atoms. The monoisotopic (exact) mass is 909 g/mol. The molecule has 0 spiro atoms. The van der Waals surface area contributed by atoms with Crippen LogP contribution in [0.2, 0.25) is 0 Å². The van der Waals surface area contributed by atoms with E-state index in [0.29, 0.717) is 43.0 Å². The van der Waals surface area contributed by atoms with Crippen molar-refractivity contribution in [1.29, 1.82) is 0 Å².